The molecule has 1 heterocycles. The number of carboxylic acids is 1. The second-order valence-electron chi connectivity index (χ2n) is 10.6. The quantitative estimate of drug-likeness (QED) is 0.252. The number of hydrogen-bond acceptors (Lipinski definition) is 9. The number of amides is 1. The molecule has 2 aliphatic rings. The number of benzene rings is 2. The van der Waals surface area contributed by atoms with Crippen LogP contribution in [0.2, 0.25) is 0 Å². The summed E-state index contributed by atoms with van der Waals surface area (Å²) in [6.07, 6.45) is 2.23. The first-order valence-corrected chi connectivity index (χ1v) is 14.5. The number of nitrogens with one attached hydrogen (secondary N) is 1. The number of anilines is 1. The highest BCUT2D eigenvalue weighted by Gasteiger charge is 2.59. The zero-order chi connectivity index (χ0) is 29.7. The van der Waals surface area contributed by atoms with Crippen LogP contribution in [-0.4, -0.2) is 70.3 Å². The van der Waals surface area contributed by atoms with Gasteiger partial charge in [0.2, 0.25) is 0 Å². The molecule has 0 bridgehead atoms. The summed E-state index contributed by atoms with van der Waals surface area (Å²) in [6, 6.07) is 13.6. The van der Waals surface area contributed by atoms with Crippen molar-refractivity contribution in [2.45, 2.75) is 62.8 Å². The van der Waals surface area contributed by atoms with Crippen molar-refractivity contribution in [1.29, 1.82) is 0 Å². The lowest BCUT2D eigenvalue weighted by molar-refractivity contribution is -0.146. The maximum atomic E-state index is 14.7. The van der Waals surface area contributed by atoms with E-state index in [0.717, 1.165) is 19.3 Å². The molecule has 1 saturated carbocycles. The lowest BCUT2D eigenvalue weighted by atomic mass is 9.67. The monoisotopic (exact) mass is 579 g/mol. The number of carboxylic acid groups (broad SMARTS) is 1. The Morgan fingerprint density at radius 3 is 2.32 bits per heavy atom. The summed E-state index contributed by atoms with van der Waals surface area (Å²) in [7, 11) is 0. The summed E-state index contributed by atoms with van der Waals surface area (Å²) in [6.45, 7) is 1.02. The lowest BCUT2D eigenvalue weighted by Gasteiger charge is -2.50. The number of benzodiazepines with no additional fused rings is 1. The molecule has 1 aliphatic carbocycles. The van der Waals surface area contributed by atoms with E-state index >= 15 is 0 Å². The average Bonchev–Trinajstić information content (AvgIpc) is 3.11. The van der Waals surface area contributed by atoms with Crippen LogP contribution < -0.4 is 21.7 Å². The minimum absolute atomic E-state index is 0.123. The summed E-state index contributed by atoms with van der Waals surface area (Å²) in [5.41, 5.74) is 12.4. The van der Waals surface area contributed by atoms with Gasteiger partial charge in [-0.15, -0.1) is 0 Å². The second-order valence-corrected chi connectivity index (χ2v) is 11.0. The molecule has 0 aromatic heterocycles. The van der Waals surface area contributed by atoms with E-state index in [2.05, 4.69) is 17.9 Å². The molecule has 6 N–H and O–H groups in total. The highest BCUT2D eigenvalue weighted by atomic mass is 32.1. The van der Waals surface area contributed by atoms with E-state index in [1.54, 1.807) is 24.3 Å². The van der Waals surface area contributed by atoms with Gasteiger partial charge in [0, 0.05) is 16.9 Å². The maximum Gasteiger partial charge on any atom is 0.323 e. The van der Waals surface area contributed by atoms with Crippen LogP contribution in [0.3, 0.4) is 0 Å². The number of hydrogen-bond donors (Lipinski definition) is 5. The molecule has 0 radical (unpaired) electrons. The summed E-state index contributed by atoms with van der Waals surface area (Å²) < 4.78 is 0. The molecule has 0 saturated heterocycles. The van der Waals surface area contributed by atoms with E-state index in [1.165, 1.54) is 11.8 Å². The largest absolute Gasteiger partial charge is 0.480 e. The van der Waals surface area contributed by atoms with E-state index in [0.29, 0.717) is 35.4 Å². The molecule has 4 rings (SSSR count). The number of nitrogens with two attached hydrogens (primary N) is 2. The third kappa shape index (κ3) is 5.85. The Labute approximate surface area is 245 Å². The number of fused-ring (bicyclic) bond motifs is 1. The van der Waals surface area contributed by atoms with Crippen molar-refractivity contribution >= 4 is 47.5 Å². The Morgan fingerprint density at radius 1 is 1.07 bits per heavy atom. The number of aliphatic carboxylic acids is 1. The number of nitrogens with zero attached hydrogens (tertiary/aromatic N) is 2. The standard InChI is InChI=1S/C30H37N5O5S/c1-18(36)30(26(32)29(39)40,20-12-6-3-7-13-20)35-23-15-9-8-14-21(23)25(19-10-4-2-5-11-19)34-27(28(35)38)33-16-24(37)22(31)17-41/h2,4-5,8-11,14-15,20,22,26-27,33,41H,3,6-7,12-13,16-17,31-32H2,1H3,(H,39,40)/t22?,26-,27?,30?/m1/s1. The van der Waals surface area contributed by atoms with Gasteiger partial charge < -0.3 is 16.6 Å². The topological polar surface area (TPSA) is 168 Å². The fourth-order valence-electron chi connectivity index (χ4n) is 6.10. The van der Waals surface area contributed by atoms with Crippen LogP contribution in [0.4, 0.5) is 5.69 Å². The number of rotatable bonds is 11. The third-order valence-electron chi connectivity index (χ3n) is 8.14. The lowest BCUT2D eigenvalue weighted by Crippen LogP contribution is -2.73. The smallest absolute Gasteiger partial charge is 0.323 e. The van der Waals surface area contributed by atoms with Crippen molar-refractivity contribution in [2.75, 3.05) is 17.2 Å². The minimum Gasteiger partial charge on any atom is -0.480 e. The molecular formula is C30H37N5O5S. The van der Waals surface area contributed by atoms with Gasteiger partial charge in [0.05, 0.1) is 24.0 Å². The first-order valence-electron chi connectivity index (χ1n) is 13.8. The van der Waals surface area contributed by atoms with Gasteiger partial charge in [-0.1, -0.05) is 67.8 Å². The van der Waals surface area contributed by atoms with Gasteiger partial charge in [-0.05, 0) is 31.7 Å². The fraction of sp³-hybridized carbons (Fsp3) is 0.433. The van der Waals surface area contributed by atoms with Gasteiger partial charge in [0.1, 0.15) is 11.6 Å². The molecule has 1 aliphatic heterocycles. The van der Waals surface area contributed by atoms with E-state index in [1.807, 2.05) is 30.3 Å². The van der Waals surface area contributed by atoms with Crippen LogP contribution in [-0.2, 0) is 19.2 Å². The van der Waals surface area contributed by atoms with Crippen LogP contribution in [0.25, 0.3) is 0 Å². The highest BCUT2D eigenvalue weighted by Crippen LogP contribution is 2.44. The predicted molar refractivity (Wildman–Crippen MR) is 160 cm³/mol. The Kier molecular flexibility index (Phi) is 9.75. The predicted octanol–water partition coefficient (Wildman–Crippen LogP) is 1.93. The van der Waals surface area contributed by atoms with E-state index in [9.17, 15) is 24.3 Å². The number of carbonyl (C=O) groups excluding carboxylic acids is 3. The summed E-state index contributed by atoms with van der Waals surface area (Å²) in [5, 5.41) is 13.2. The molecule has 1 fully saturated rings. The van der Waals surface area contributed by atoms with Gasteiger partial charge in [0.25, 0.3) is 5.91 Å². The van der Waals surface area contributed by atoms with Crippen molar-refractivity contribution in [1.82, 2.24) is 5.32 Å². The normalized spacial score (nSPS) is 20.7. The number of Topliss-reactive ketones (excluding diaryl/α,β-unsaturated/α-hetero) is 2. The molecular weight excluding hydrogens is 542 g/mol. The van der Waals surface area contributed by atoms with Crippen molar-refractivity contribution in [3.63, 3.8) is 0 Å². The van der Waals surface area contributed by atoms with Crippen molar-refractivity contribution < 1.29 is 24.3 Å². The SMILES string of the molecule is CC(=O)C(C1CCCCC1)([C@H](N)C(=O)O)N1C(=O)C(NCC(=O)C(N)CS)N=C(c2ccccc2)c2ccccc21. The van der Waals surface area contributed by atoms with Gasteiger partial charge in [-0.25, -0.2) is 0 Å². The zero-order valence-electron chi connectivity index (χ0n) is 23.0. The highest BCUT2D eigenvalue weighted by molar-refractivity contribution is 7.80. The maximum absolute atomic E-state index is 14.7. The molecule has 11 heteroatoms. The molecule has 0 spiro atoms. The number of ketones is 2. The molecule has 218 valence electrons. The Morgan fingerprint density at radius 2 is 1.71 bits per heavy atom. The molecule has 2 aromatic carbocycles. The summed E-state index contributed by atoms with van der Waals surface area (Å²) >= 11 is 4.10. The van der Waals surface area contributed by atoms with Crippen molar-refractivity contribution in [2.24, 2.45) is 22.4 Å². The van der Waals surface area contributed by atoms with Crippen LogP contribution in [0, 0.1) is 5.92 Å². The Bertz CT molecular complexity index is 1330. The second kappa shape index (κ2) is 13.1. The molecule has 10 nitrogen and oxygen atoms in total. The Balaban J connectivity index is 1.99. The van der Waals surface area contributed by atoms with Crippen LogP contribution >= 0.6 is 12.6 Å². The van der Waals surface area contributed by atoms with Gasteiger partial charge in [-0.2, -0.15) is 12.6 Å². The zero-order valence-corrected chi connectivity index (χ0v) is 23.9. The summed E-state index contributed by atoms with van der Waals surface area (Å²) in [4.78, 5) is 59.8. The van der Waals surface area contributed by atoms with E-state index < -0.39 is 47.4 Å². The van der Waals surface area contributed by atoms with Crippen molar-refractivity contribution in [3.05, 3.63) is 65.7 Å². The number of carbonyl (C=O) groups is 4. The van der Waals surface area contributed by atoms with E-state index in [4.69, 9.17) is 16.5 Å². The van der Waals surface area contributed by atoms with Crippen LogP contribution in [0.5, 0.6) is 0 Å². The molecule has 2 aromatic rings. The summed E-state index contributed by atoms with van der Waals surface area (Å²) in [5.74, 6) is -3.33. The number of thiol groups is 1. The molecule has 4 atom stereocenters. The third-order valence-corrected chi connectivity index (χ3v) is 8.53. The number of para-hydroxylation sites is 1. The Hall–Kier alpha value is -3.38. The fourth-order valence-corrected chi connectivity index (χ4v) is 6.31. The van der Waals surface area contributed by atoms with Gasteiger partial charge in [0.15, 0.2) is 17.7 Å². The van der Waals surface area contributed by atoms with Crippen LogP contribution in [0.15, 0.2) is 59.6 Å². The van der Waals surface area contributed by atoms with Crippen molar-refractivity contribution in [3.8, 4) is 0 Å². The first kappa shape index (κ1) is 30.6. The first-order chi connectivity index (χ1) is 19.6. The number of aliphatic imine (C=N–C) groups is 1. The van der Waals surface area contributed by atoms with E-state index in [-0.39, 0.29) is 18.1 Å². The average molecular weight is 580 g/mol. The molecule has 3 unspecified atom stereocenters. The molecule has 1 amide bonds. The molecule has 41 heavy (non-hydrogen) atoms. The minimum atomic E-state index is -1.90. The van der Waals surface area contributed by atoms with Gasteiger partial charge in [-0.3, -0.25) is 34.4 Å². The van der Waals surface area contributed by atoms with Crippen LogP contribution in [0.1, 0.15) is 50.2 Å². The van der Waals surface area contributed by atoms with Gasteiger partial charge >= 0.3 is 5.97 Å².